The summed E-state index contributed by atoms with van der Waals surface area (Å²) in [7, 11) is 0. The van der Waals surface area contributed by atoms with E-state index >= 15 is 0 Å². The summed E-state index contributed by atoms with van der Waals surface area (Å²) in [6.07, 6.45) is 6.27. The lowest BCUT2D eigenvalue weighted by atomic mass is 10.2. The van der Waals surface area contributed by atoms with Crippen LogP contribution in [0.3, 0.4) is 0 Å². The average Bonchev–Trinajstić information content (AvgIpc) is 3.42. The minimum atomic E-state index is 0. The molecule has 4 rings (SSSR count). The second-order valence-electron chi connectivity index (χ2n) is 7.45. The van der Waals surface area contributed by atoms with Crippen molar-refractivity contribution in [2.45, 2.75) is 19.3 Å². The standard InChI is InChI=1S/C21H27N3O4.ClH/c25-20(6-4-17-3-5-18-19(15-17)28-16-27-18)24-13-11-22(12-14-24)10-7-21(26)23-8-1-2-9-23;/h3-6,15H,1-2,7-14,16H2;1H/b6-4+;. The molecular weight excluding hydrogens is 394 g/mol. The monoisotopic (exact) mass is 421 g/mol. The van der Waals surface area contributed by atoms with Gasteiger partial charge in [0.2, 0.25) is 18.6 Å². The molecule has 0 radical (unpaired) electrons. The van der Waals surface area contributed by atoms with Crippen LogP contribution < -0.4 is 9.47 Å². The lowest BCUT2D eigenvalue weighted by molar-refractivity contribution is -0.131. The van der Waals surface area contributed by atoms with Crippen LogP contribution in [0.5, 0.6) is 11.5 Å². The largest absolute Gasteiger partial charge is 0.454 e. The summed E-state index contributed by atoms with van der Waals surface area (Å²) in [5, 5.41) is 0. The SMILES string of the molecule is Cl.O=C(/C=C/c1ccc2c(c1)OCO2)N1CCN(CCC(=O)N2CCCC2)CC1. The Morgan fingerprint density at radius 2 is 1.66 bits per heavy atom. The fourth-order valence-electron chi connectivity index (χ4n) is 3.86. The Morgan fingerprint density at radius 1 is 0.931 bits per heavy atom. The molecule has 2 amide bonds. The maximum Gasteiger partial charge on any atom is 0.246 e. The van der Waals surface area contributed by atoms with Gasteiger partial charge < -0.3 is 19.3 Å². The molecule has 0 bridgehead atoms. The number of nitrogens with zero attached hydrogens (tertiary/aromatic N) is 3. The summed E-state index contributed by atoms with van der Waals surface area (Å²) in [6.45, 7) is 5.88. The van der Waals surface area contributed by atoms with Crippen LogP contribution in [0.25, 0.3) is 6.08 Å². The molecule has 3 aliphatic rings. The zero-order valence-corrected chi connectivity index (χ0v) is 17.4. The van der Waals surface area contributed by atoms with E-state index in [9.17, 15) is 9.59 Å². The molecule has 158 valence electrons. The highest BCUT2D eigenvalue weighted by atomic mass is 35.5. The van der Waals surface area contributed by atoms with E-state index in [1.54, 1.807) is 6.08 Å². The van der Waals surface area contributed by atoms with Crippen molar-refractivity contribution in [2.75, 3.05) is 52.6 Å². The number of likely N-dealkylation sites (tertiary alicyclic amines) is 1. The average molecular weight is 422 g/mol. The van der Waals surface area contributed by atoms with Gasteiger partial charge in [-0.2, -0.15) is 0 Å². The zero-order valence-electron chi connectivity index (χ0n) is 16.5. The van der Waals surface area contributed by atoms with Crippen molar-refractivity contribution < 1.29 is 19.1 Å². The van der Waals surface area contributed by atoms with Crippen LogP contribution >= 0.6 is 12.4 Å². The second kappa shape index (κ2) is 9.98. The number of ether oxygens (including phenoxy) is 2. The Morgan fingerprint density at radius 3 is 2.41 bits per heavy atom. The molecule has 2 saturated heterocycles. The number of piperazine rings is 1. The first kappa shape index (κ1) is 21.5. The Balaban J connectivity index is 0.00000240. The molecule has 0 N–H and O–H groups in total. The molecule has 3 heterocycles. The summed E-state index contributed by atoms with van der Waals surface area (Å²) in [6, 6.07) is 5.64. The predicted octanol–water partition coefficient (Wildman–Crippen LogP) is 2.01. The molecular formula is C21H28ClN3O4. The van der Waals surface area contributed by atoms with E-state index < -0.39 is 0 Å². The maximum absolute atomic E-state index is 12.5. The number of hydrogen-bond acceptors (Lipinski definition) is 5. The molecule has 7 nitrogen and oxygen atoms in total. The number of carbonyl (C=O) groups is 2. The van der Waals surface area contributed by atoms with Crippen LogP contribution in [0.1, 0.15) is 24.8 Å². The number of halogens is 1. The molecule has 0 saturated carbocycles. The van der Waals surface area contributed by atoms with Crippen LogP contribution in [0.4, 0.5) is 0 Å². The van der Waals surface area contributed by atoms with Crippen molar-refractivity contribution in [3.05, 3.63) is 29.8 Å². The molecule has 0 unspecified atom stereocenters. The Kier molecular flexibility index (Phi) is 7.39. The van der Waals surface area contributed by atoms with E-state index in [2.05, 4.69) is 4.90 Å². The Hall–Kier alpha value is -2.25. The van der Waals surface area contributed by atoms with Crippen LogP contribution in [0, 0.1) is 0 Å². The predicted molar refractivity (Wildman–Crippen MR) is 112 cm³/mol. The molecule has 29 heavy (non-hydrogen) atoms. The van der Waals surface area contributed by atoms with Crippen molar-refractivity contribution in [1.29, 1.82) is 0 Å². The lowest BCUT2D eigenvalue weighted by Gasteiger charge is -2.34. The fraction of sp³-hybridized carbons (Fsp3) is 0.524. The quantitative estimate of drug-likeness (QED) is 0.680. The van der Waals surface area contributed by atoms with Crippen molar-refractivity contribution >= 4 is 30.3 Å². The summed E-state index contributed by atoms with van der Waals surface area (Å²) >= 11 is 0. The van der Waals surface area contributed by atoms with Gasteiger partial charge in [0.15, 0.2) is 11.5 Å². The third-order valence-corrected chi connectivity index (χ3v) is 5.60. The molecule has 8 heteroatoms. The highest BCUT2D eigenvalue weighted by molar-refractivity contribution is 5.92. The van der Waals surface area contributed by atoms with Gasteiger partial charge in [0.05, 0.1) is 0 Å². The zero-order chi connectivity index (χ0) is 19.3. The molecule has 3 aliphatic heterocycles. The van der Waals surface area contributed by atoms with E-state index in [1.165, 1.54) is 0 Å². The summed E-state index contributed by atoms with van der Waals surface area (Å²) < 4.78 is 10.7. The van der Waals surface area contributed by atoms with Crippen LogP contribution in [0.2, 0.25) is 0 Å². The highest BCUT2D eigenvalue weighted by Crippen LogP contribution is 2.32. The Labute approximate surface area is 177 Å². The van der Waals surface area contributed by atoms with Gasteiger partial charge in [0.25, 0.3) is 0 Å². The fourth-order valence-corrected chi connectivity index (χ4v) is 3.86. The van der Waals surface area contributed by atoms with Crippen molar-refractivity contribution in [1.82, 2.24) is 14.7 Å². The summed E-state index contributed by atoms with van der Waals surface area (Å²) in [5.74, 6) is 1.74. The van der Waals surface area contributed by atoms with E-state index in [4.69, 9.17) is 9.47 Å². The summed E-state index contributed by atoms with van der Waals surface area (Å²) in [5.41, 5.74) is 0.914. The first-order chi connectivity index (χ1) is 13.7. The van der Waals surface area contributed by atoms with Gasteiger partial charge in [-0.15, -0.1) is 12.4 Å². The first-order valence-corrected chi connectivity index (χ1v) is 10.1. The van der Waals surface area contributed by atoms with Crippen LogP contribution in [-0.4, -0.2) is 79.1 Å². The van der Waals surface area contributed by atoms with Crippen molar-refractivity contribution in [3.8, 4) is 11.5 Å². The van der Waals surface area contributed by atoms with Crippen molar-refractivity contribution in [3.63, 3.8) is 0 Å². The number of rotatable bonds is 5. The lowest BCUT2D eigenvalue weighted by Crippen LogP contribution is -2.49. The number of hydrogen-bond donors (Lipinski definition) is 0. The van der Waals surface area contributed by atoms with Crippen LogP contribution in [-0.2, 0) is 9.59 Å². The van der Waals surface area contributed by atoms with E-state index in [0.29, 0.717) is 25.3 Å². The van der Waals surface area contributed by atoms with Gasteiger partial charge in [-0.25, -0.2) is 0 Å². The molecule has 1 aromatic carbocycles. The molecule has 1 aromatic rings. The number of benzene rings is 1. The van der Waals surface area contributed by atoms with Crippen LogP contribution in [0.15, 0.2) is 24.3 Å². The topological polar surface area (TPSA) is 62.3 Å². The van der Waals surface area contributed by atoms with Gasteiger partial charge in [-0.1, -0.05) is 6.07 Å². The van der Waals surface area contributed by atoms with Gasteiger partial charge in [-0.3, -0.25) is 14.5 Å². The van der Waals surface area contributed by atoms with E-state index in [-0.39, 0.29) is 31.0 Å². The molecule has 0 aromatic heterocycles. The molecule has 2 fully saturated rings. The second-order valence-corrected chi connectivity index (χ2v) is 7.45. The third-order valence-electron chi connectivity index (χ3n) is 5.60. The van der Waals surface area contributed by atoms with E-state index in [0.717, 1.165) is 56.9 Å². The summed E-state index contributed by atoms with van der Waals surface area (Å²) in [4.78, 5) is 30.7. The Bertz CT molecular complexity index is 756. The molecule has 0 atom stereocenters. The van der Waals surface area contributed by atoms with Gasteiger partial charge in [-0.05, 0) is 36.6 Å². The minimum Gasteiger partial charge on any atom is -0.454 e. The number of amides is 2. The molecule has 0 aliphatic carbocycles. The van der Waals surface area contributed by atoms with E-state index in [1.807, 2.05) is 34.1 Å². The number of fused-ring (bicyclic) bond motifs is 1. The number of carbonyl (C=O) groups excluding carboxylic acids is 2. The van der Waals surface area contributed by atoms with Gasteiger partial charge in [0, 0.05) is 58.3 Å². The highest BCUT2D eigenvalue weighted by Gasteiger charge is 2.22. The minimum absolute atomic E-state index is 0. The molecule has 0 spiro atoms. The third kappa shape index (κ3) is 5.42. The smallest absolute Gasteiger partial charge is 0.246 e. The maximum atomic E-state index is 12.5. The van der Waals surface area contributed by atoms with Gasteiger partial charge >= 0.3 is 0 Å². The van der Waals surface area contributed by atoms with Crippen molar-refractivity contribution in [2.24, 2.45) is 0 Å². The van der Waals surface area contributed by atoms with Gasteiger partial charge in [0.1, 0.15) is 0 Å². The first-order valence-electron chi connectivity index (χ1n) is 10.1. The normalized spacial score (nSPS) is 18.9.